The van der Waals surface area contributed by atoms with Crippen LogP contribution in [0.5, 0.6) is 0 Å². The number of pyridine rings is 1. The Labute approximate surface area is 112 Å². The van der Waals surface area contributed by atoms with Crippen LogP contribution in [0.2, 0.25) is 0 Å². The van der Waals surface area contributed by atoms with Crippen LogP contribution in [0.4, 0.5) is 0 Å². The first-order valence-corrected chi connectivity index (χ1v) is 6.01. The number of carbonyl (C=O) groups is 2. The Morgan fingerprint density at radius 1 is 1.53 bits per heavy atom. The van der Waals surface area contributed by atoms with Crippen molar-refractivity contribution in [1.82, 2.24) is 10.3 Å². The first-order valence-electron chi connectivity index (χ1n) is 6.01. The van der Waals surface area contributed by atoms with Gasteiger partial charge in [0.1, 0.15) is 0 Å². The van der Waals surface area contributed by atoms with Gasteiger partial charge in [-0.2, -0.15) is 0 Å². The fourth-order valence-corrected chi connectivity index (χ4v) is 1.62. The molecular weight excluding hydrogens is 246 g/mol. The molecule has 0 saturated carbocycles. The summed E-state index contributed by atoms with van der Waals surface area (Å²) in [7, 11) is 0. The topological polar surface area (TPSA) is 105 Å². The summed E-state index contributed by atoms with van der Waals surface area (Å²) in [4.78, 5) is 26.6. The Kier molecular flexibility index (Phi) is 4.61. The summed E-state index contributed by atoms with van der Waals surface area (Å²) in [6.45, 7) is 5.60. The molecule has 1 aromatic rings. The van der Waals surface area contributed by atoms with E-state index in [0.29, 0.717) is 5.69 Å². The van der Waals surface area contributed by atoms with Crippen LogP contribution < -0.4 is 11.1 Å². The molecule has 0 aromatic carbocycles. The zero-order chi connectivity index (χ0) is 14.6. The summed E-state index contributed by atoms with van der Waals surface area (Å²) in [5, 5.41) is 12.1. The number of nitrogens with one attached hydrogen (secondary N) is 1. The van der Waals surface area contributed by atoms with Crippen LogP contribution in [0.25, 0.3) is 0 Å². The zero-order valence-electron chi connectivity index (χ0n) is 11.3. The molecule has 19 heavy (non-hydrogen) atoms. The molecule has 0 fully saturated rings. The van der Waals surface area contributed by atoms with Crippen molar-refractivity contribution < 1.29 is 14.7 Å². The molecule has 0 saturated heterocycles. The molecule has 1 atom stereocenters. The quantitative estimate of drug-likeness (QED) is 0.704. The van der Waals surface area contributed by atoms with Crippen molar-refractivity contribution in [2.75, 3.05) is 0 Å². The maximum atomic E-state index is 11.5. The Bertz CT molecular complexity index is 488. The van der Waals surface area contributed by atoms with E-state index in [9.17, 15) is 9.59 Å². The predicted molar refractivity (Wildman–Crippen MR) is 70.5 cm³/mol. The highest BCUT2D eigenvalue weighted by Gasteiger charge is 2.34. The van der Waals surface area contributed by atoms with Crippen molar-refractivity contribution in [2.45, 2.75) is 32.9 Å². The lowest BCUT2D eigenvalue weighted by Gasteiger charge is -2.31. The summed E-state index contributed by atoms with van der Waals surface area (Å²) in [5.41, 5.74) is 4.98. The molecule has 1 unspecified atom stereocenters. The summed E-state index contributed by atoms with van der Waals surface area (Å²) in [5.74, 6) is -1.55. The maximum absolute atomic E-state index is 11.5. The molecular formula is C13H19N3O3. The van der Waals surface area contributed by atoms with Crippen LogP contribution >= 0.6 is 0 Å². The molecule has 0 bridgehead atoms. The molecule has 104 valence electrons. The van der Waals surface area contributed by atoms with Gasteiger partial charge in [-0.15, -0.1) is 0 Å². The fraction of sp³-hybridized carbons (Fsp3) is 0.462. The van der Waals surface area contributed by atoms with E-state index < -0.39 is 17.4 Å². The van der Waals surface area contributed by atoms with Crippen molar-refractivity contribution in [1.29, 1.82) is 0 Å². The molecule has 6 heteroatoms. The van der Waals surface area contributed by atoms with Crippen LogP contribution in [0.15, 0.2) is 18.3 Å². The molecule has 6 nitrogen and oxygen atoms in total. The van der Waals surface area contributed by atoms with Crippen LogP contribution in [0, 0.1) is 5.92 Å². The Morgan fingerprint density at radius 2 is 2.16 bits per heavy atom. The molecule has 0 radical (unpaired) electrons. The van der Waals surface area contributed by atoms with Gasteiger partial charge in [-0.1, -0.05) is 13.8 Å². The molecule has 0 spiro atoms. The number of nitrogens with zero attached hydrogens (tertiary/aromatic N) is 1. The third kappa shape index (κ3) is 3.29. The van der Waals surface area contributed by atoms with Crippen LogP contribution in [0.1, 0.15) is 36.8 Å². The number of primary amides is 1. The molecule has 1 amide bonds. The standard InChI is InChI=1S/C13H19N3O3/c1-8(2)13(3,12(14)19)16-7-10-9(11(17)18)5-4-6-15-10/h4-6,8,16H,7H2,1-3H3,(H2,14,19)(H,17,18). The first kappa shape index (κ1) is 15.1. The summed E-state index contributed by atoms with van der Waals surface area (Å²) in [6, 6.07) is 3.03. The first-order chi connectivity index (χ1) is 8.79. The molecule has 0 aliphatic carbocycles. The van der Waals surface area contributed by atoms with E-state index in [1.165, 1.54) is 12.3 Å². The van der Waals surface area contributed by atoms with Gasteiger partial charge in [-0.25, -0.2) is 4.79 Å². The number of hydrogen-bond acceptors (Lipinski definition) is 4. The third-order valence-electron chi connectivity index (χ3n) is 3.41. The lowest BCUT2D eigenvalue weighted by molar-refractivity contribution is -0.125. The largest absolute Gasteiger partial charge is 0.478 e. The second-order valence-electron chi connectivity index (χ2n) is 4.88. The summed E-state index contributed by atoms with van der Waals surface area (Å²) >= 11 is 0. The van der Waals surface area contributed by atoms with Crippen molar-refractivity contribution in [3.05, 3.63) is 29.6 Å². The highest BCUT2D eigenvalue weighted by molar-refractivity contribution is 5.88. The van der Waals surface area contributed by atoms with E-state index in [1.54, 1.807) is 13.0 Å². The second-order valence-corrected chi connectivity index (χ2v) is 4.88. The average molecular weight is 265 g/mol. The van der Waals surface area contributed by atoms with E-state index in [4.69, 9.17) is 10.8 Å². The van der Waals surface area contributed by atoms with E-state index in [2.05, 4.69) is 10.3 Å². The Balaban J connectivity index is 2.93. The average Bonchev–Trinajstić information content (AvgIpc) is 2.35. The van der Waals surface area contributed by atoms with Gasteiger partial charge in [0, 0.05) is 12.7 Å². The minimum Gasteiger partial charge on any atom is -0.478 e. The summed E-state index contributed by atoms with van der Waals surface area (Å²) < 4.78 is 0. The normalized spacial score (nSPS) is 14.1. The van der Waals surface area contributed by atoms with E-state index in [1.807, 2.05) is 13.8 Å². The van der Waals surface area contributed by atoms with Crippen LogP contribution in [-0.4, -0.2) is 27.5 Å². The lowest BCUT2D eigenvalue weighted by Crippen LogP contribution is -2.56. The van der Waals surface area contributed by atoms with Crippen molar-refractivity contribution in [3.8, 4) is 0 Å². The second kappa shape index (κ2) is 5.79. The maximum Gasteiger partial charge on any atom is 0.337 e. The molecule has 0 aliphatic heterocycles. The molecule has 1 rings (SSSR count). The number of hydrogen-bond donors (Lipinski definition) is 3. The van der Waals surface area contributed by atoms with Gasteiger partial charge in [-0.3, -0.25) is 15.1 Å². The van der Waals surface area contributed by atoms with Crippen LogP contribution in [0.3, 0.4) is 0 Å². The van der Waals surface area contributed by atoms with Crippen molar-refractivity contribution in [3.63, 3.8) is 0 Å². The minimum atomic E-state index is -1.05. The van der Waals surface area contributed by atoms with E-state index in [-0.39, 0.29) is 18.0 Å². The zero-order valence-corrected chi connectivity index (χ0v) is 11.3. The van der Waals surface area contributed by atoms with Gasteiger partial charge in [0.2, 0.25) is 5.91 Å². The third-order valence-corrected chi connectivity index (χ3v) is 3.41. The molecule has 1 heterocycles. The van der Waals surface area contributed by atoms with Gasteiger partial charge in [0.25, 0.3) is 0 Å². The number of aromatic nitrogens is 1. The number of carboxylic acid groups (broad SMARTS) is 1. The smallest absolute Gasteiger partial charge is 0.337 e. The lowest BCUT2D eigenvalue weighted by atomic mass is 9.87. The van der Waals surface area contributed by atoms with Gasteiger partial charge in [0.05, 0.1) is 16.8 Å². The number of carboxylic acids is 1. The highest BCUT2D eigenvalue weighted by Crippen LogP contribution is 2.17. The molecule has 1 aromatic heterocycles. The van der Waals surface area contributed by atoms with Gasteiger partial charge < -0.3 is 10.8 Å². The monoisotopic (exact) mass is 265 g/mol. The number of nitrogens with two attached hydrogens (primary N) is 1. The SMILES string of the molecule is CC(C)C(C)(NCc1ncccc1C(=O)O)C(N)=O. The molecule has 0 aliphatic rings. The van der Waals surface area contributed by atoms with Gasteiger partial charge >= 0.3 is 5.97 Å². The van der Waals surface area contributed by atoms with Gasteiger partial charge in [0.15, 0.2) is 0 Å². The number of aromatic carboxylic acids is 1. The Morgan fingerprint density at radius 3 is 2.63 bits per heavy atom. The van der Waals surface area contributed by atoms with E-state index in [0.717, 1.165) is 0 Å². The molecule has 4 N–H and O–H groups in total. The van der Waals surface area contributed by atoms with Crippen molar-refractivity contribution in [2.24, 2.45) is 11.7 Å². The Hall–Kier alpha value is -1.95. The highest BCUT2D eigenvalue weighted by atomic mass is 16.4. The van der Waals surface area contributed by atoms with Crippen molar-refractivity contribution >= 4 is 11.9 Å². The minimum absolute atomic E-state index is 0.0259. The summed E-state index contributed by atoms with van der Waals surface area (Å²) in [6.07, 6.45) is 1.51. The predicted octanol–water partition coefficient (Wildman–Crippen LogP) is 0.769. The fourth-order valence-electron chi connectivity index (χ4n) is 1.62. The number of amides is 1. The number of carbonyl (C=O) groups excluding carboxylic acids is 1. The van der Waals surface area contributed by atoms with Gasteiger partial charge in [-0.05, 0) is 25.0 Å². The van der Waals surface area contributed by atoms with E-state index >= 15 is 0 Å². The number of rotatable bonds is 6. The van der Waals surface area contributed by atoms with Crippen LogP contribution in [-0.2, 0) is 11.3 Å².